The fourth-order valence-electron chi connectivity index (χ4n) is 2.42. The first-order valence-corrected chi connectivity index (χ1v) is 5.27. The van der Waals surface area contributed by atoms with Gasteiger partial charge in [0.05, 0.1) is 6.61 Å². The van der Waals surface area contributed by atoms with E-state index in [-0.39, 0.29) is 6.09 Å². The zero-order chi connectivity index (χ0) is 9.10. The van der Waals surface area contributed by atoms with Crippen LogP contribution in [0.15, 0.2) is 0 Å². The van der Waals surface area contributed by atoms with Crippen molar-refractivity contribution in [3.05, 3.63) is 0 Å². The van der Waals surface area contributed by atoms with E-state index in [2.05, 4.69) is 5.32 Å². The molecule has 0 aromatic carbocycles. The summed E-state index contributed by atoms with van der Waals surface area (Å²) in [5, 5.41) is 2.77. The van der Waals surface area contributed by atoms with Crippen molar-refractivity contribution in [2.75, 3.05) is 13.2 Å². The summed E-state index contributed by atoms with van der Waals surface area (Å²) in [6.45, 7) is 1.46. The van der Waals surface area contributed by atoms with Crippen molar-refractivity contribution in [3.63, 3.8) is 0 Å². The van der Waals surface area contributed by atoms with Crippen LogP contribution in [0.3, 0.4) is 0 Å². The molecular formula is C10H17NO2. The van der Waals surface area contributed by atoms with Crippen LogP contribution in [0.2, 0.25) is 0 Å². The third kappa shape index (κ3) is 2.14. The lowest BCUT2D eigenvalue weighted by Gasteiger charge is -2.32. The molecule has 3 nitrogen and oxygen atoms in total. The topological polar surface area (TPSA) is 38.3 Å². The molecule has 13 heavy (non-hydrogen) atoms. The maximum absolute atomic E-state index is 10.8. The maximum Gasteiger partial charge on any atom is 0.407 e. The highest BCUT2D eigenvalue weighted by atomic mass is 16.6. The quantitative estimate of drug-likeness (QED) is 0.674. The van der Waals surface area contributed by atoms with Gasteiger partial charge in [0.25, 0.3) is 0 Å². The number of nitrogens with one attached hydrogen (secondary N) is 1. The molecule has 1 aliphatic carbocycles. The van der Waals surface area contributed by atoms with E-state index in [0.717, 1.165) is 12.5 Å². The number of carbonyl (C=O) groups is 1. The van der Waals surface area contributed by atoms with Gasteiger partial charge < -0.3 is 10.1 Å². The van der Waals surface area contributed by atoms with Crippen LogP contribution in [0, 0.1) is 11.8 Å². The molecule has 3 heteroatoms. The molecule has 1 aliphatic heterocycles. The summed E-state index contributed by atoms with van der Waals surface area (Å²) in [6.07, 6.45) is 6.50. The van der Waals surface area contributed by atoms with E-state index in [1.807, 2.05) is 0 Å². The highest BCUT2D eigenvalue weighted by Crippen LogP contribution is 2.30. The minimum atomic E-state index is -0.243. The Balaban J connectivity index is 1.82. The molecule has 1 saturated carbocycles. The SMILES string of the molecule is O=C1NCC(C2CCCCC2)CO1. The summed E-state index contributed by atoms with van der Waals surface area (Å²) in [7, 11) is 0. The van der Waals surface area contributed by atoms with Gasteiger partial charge >= 0.3 is 6.09 Å². The first-order chi connectivity index (χ1) is 6.36. The summed E-state index contributed by atoms with van der Waals surface area (Å²) in [5.41, 5.74) is 0. The van der Waals surface area contributed by atoms with Crippen molar-refractivity contribution in [1.29, 1.82) is 0 Å². The Morgan fingerprint density at radius 2 is 1.92 bits per heavy atom. The third-order valence-corrected chi connectivity index (χ3v) is 3.25. The van der Waals surface area contributed by atoms with Crippen LogP contribution in [0.5, 0.6) is 0 Å². The number of cyclic esters (lactones) is 1. The normalized spacial score (nSPS) is 30.8. The number of hydrogen-bond acceptors (Lipinski definition) is 2. The third-order valence-electron chi connectivity index (χ3n) is 3.25. The lowest BCUT2D eigenvalue weighted by molar-refractivity contribution is 0.0728. The summed E-state index contributed by atoms with van der Waals surface area (Å²) < 4.78 is 4.99. The van der Waals surface area contributed by atoms with Crippen LogP contribution in [0.25, 0.3) is 0 Å². The number of ether oxygens (including phenoxy) is 1. The van der Waals surface area contributed by atoms with Crippen LogP contribution in [-0.2, 0) is 4.74 Å². The molecule has 74 valence electrons. The monoisotopic (exact) mass is 183 g/mol. The van der Waals surface area contributed by atoms with E-state index in [4.69, 9.17) is 4.74 Å². The van der Waals surface area contributed by atoms with Crippen molar-refractivity contribution in [2.45, 2.75) is 32.1 Å². The van der Waals surface area contributed by atoms with E-state index in [9.17, 15) is 4.79 Å². The number of hydrogen-bond donors (Lipinski definition) is 1. The van der Waals surface area contributed by atoms with E-state index in [0.29, 0.717) is 12.5 Å². The molecule has 2 rings (SSSR count). The molecule has 2 fully saturated rings. The predicted octanol–water partition coefficient (Wildman–Crippen LogP) is 1.92. The smallest absolute Gasteiger partial charge is 0.407 e. The van der Waals surface area contributed by atoms with Gasteiger partial charge in [-0.05, 0) is 18.8 Å². The van der Waals surface area contributed by atoms with Gasteiger partial charge in [0.1, 0.15) is 0 Å². The van der Waals surface area contributed by atoms with Gasteiger partial charge in [-0.2, -0.15) is 0 Å². The first kappa shape index (κ1) is 8.85. The van der Waals surface area contributed by atoms with Gasteiger partial charge in [0.2, 0.25) is 0 Å². The van der Waals surface area contributed by atoms with Crippen LogP contribution in [0.4, 0.5) is 4.79 Å². The molecule has 0 radical (unpaired) electrons. The molecule has 0 aromatic rings. The van der Waals surface area contributed by atoms with Gasteiger partial charge in [-0.25, -0.2) is 4.79 Å². The Morgan fingerprint density at radius 1 is 1.15 bits per heavy atom. The molecule has 0 spiro atoms. The molecular weight excluding hydrogens is 166 g/mol. The number of carbonyl (C=O) groups excluding carboxylic acids is 1. The molecule has 1 N–H and O–H groups in total. The van der Waals surface area contributed by atoms with Crippen LogP contribution >= 0.6 is 0 Å². The van der Waals surface area contributed by atoms with Crippen molar-refractivity contribution in [3.8, 4) is 0 Å². The van der Waals surface area contributed by atoms with E-state index < -0.39 is 0 Å². The van der Waals surface area contributed by atoms with E-state index >= 15 is 0 Å². The highest BCUT2D eigenvalue weighted by Gasteiger charge is 2.27. The first-order valence-electron chi connectivity index (χ1n) is 5.27. The van der Waals surface area contributed by atoms with Gasteiger partial charge in [-0.3, -0.25) is 0 Å². The lowest BCUT2D eigenvalue weighted by atomic mass is 9.80. The second-order valence-electron chi connectivity index (χ2n) is 4.14. The van der Waals surface area contributed by atoms with Crippen molar-refractivity contribution >= 4 is 6.09 Å². The number of rotatable bonds is 1. The summed E-state index contributed by atoms with van der Waals surface area (Å²) in [5.74, 6) is 1.35. The average molecular weight is 183 g/mol. The number of alkyl carbamates (subject to hydrolysis) is 1. The largest absolute Gasteiger partial charge is 0.449 e. The van der Waals surface area contributed by atoms with E-state index in [1.54, 1.807) is 0 Å². The molecule has 1 atom stereocenters. The maximum atomic E-state index is 10.8. The van der Waals surface area contributed by atoms with Crippen molar-refractivity contribution in [1.82, 2.24) is 5.32 Å². The van der Waals surface area contributed by atoms with Crippen molar-refractivity contribution in [2.24, 2.45) is 11.8 Å². The van der Waals surface area contributed by atoms with Crippen LogP contribution in [0.1, 0.15) is 32.1 Å². The number of amides is 1. The second-order valence-corrected chi connectivity index (χ2v) is 4.14. The lowest BCUT2D eigenvalue weighted by Crippen LogP contribution is -2.42. The Hall–Kier alpha value is -0.730. The predicted molar refractivity (Wildman–Crippen MR) is 49.4 cm³/mol. The van der Waals surface area contributed by atoms with E-state index in [1.165, 1.54) is 32.1 Å². The Bertz CT molecular complexity index is 177. The minimum Gasteiger partial charge on any atom is -0.449 e. The molecule has 1 heterocycles. The zero-order valence-electron chi connectivity index (χ0n) is 7.92. The summed E-state index contributed by atoms with van der Waals surface area (Å²) in [6, 6.07) is 0. The Kier molecular flexibility index (Phi) is 2.71. The highest BCUT2D eigenvalue weighted by molar-refractivity contribution is 5.67. The molecule has 1 saturated heterocycles. The minimum absolute atomic E-state index is 0.243. The van der Waals surface area contributed by atoms with Gasteiger partial charge in [0.15, 0.2) is 0 Å². The Labute approximate surface area is 78.8 Å². The molecule has 1 unspecified atom stereocenters. The van der Waals surface area contributed by atoms with Crippen LogP contribution < -0.4 is 5.32 Å². The standard InChI is InChI=1S/C10H17NO2/c12-10-11-6-9(7-13-10)8-4-2-1-3-5-8/h8-9H,1-7H2,(H,11,12). The molecule has 0 bridgehead atoms. The van der Waals surface area contributed by atoms with Crippen LogP contribution in [-0.4, -0.2) is 19.2 Å². The van der Waals surface area contributed by atoms with Gasteiger partial charge in [-0.15, -0.1) is 0 Å². The molecule has 1 amide bonds. The van der Waals surface area contributed by atoms with Gasteiger partial charge in [0, 0.05) is 12.5 Å². The fraction of sp³-hybridized carbons (Fsp3) is 0.900. The average Bonchev–Trinajstić information content (AvgIpc) is 2.20. The summed E-state index contributed by atoms with van der Waals surface area (Å²) in [4.78, 5) is 10.8. The van der Waals surface area contributed by atoms with Crippen molar-refractivity contribution < 1.29 is 9.53 Å². The Morgan fingerprint density at radius 3 is 2.54 bits per heavy atom. The second kappa shape index (κ2) is 3.99. The zero-order valence-corrected chi connectivity index (χ0v) is 7.92. The van der Waals surface area contributed by atoms with Gasteiger partial charge in [-0.1, -0.05) is 19.3 Å². The molecule has 0 aromatic heterocycles. The molecule has 2 aliphatic rings. The fourth-order valence-corrected chi connectivity index (χ4v) is 2.42. The summed E-state index contributed by atoms with van der Waals surface area (Å²) >= 11 is 0.